The van der Waals surface area contributed by atoms with Gasteiger partial charge in [-0.05, 0) is 72.0 Å². The van der Waals surface area contributed by atoms with Crippen LogP contribution < -0.4 is 0 Å². The molecule has 0 N–H and O–H groups in total. The quantitative estimate of drug-likeness (QED) is 0.420. The van der Waals surface area contributed by atoms with Gasteiger partial charge in [0, 0.05) is 0 Å². The molecule has 0 unspecified atom stereocenters. The Morgan fingerprint density at radius 1 is 0.385 bits per heavy atom. The van der Waals surface area contributed by atoms with Crippen LogP contribution in [0.15, 0.2) is 0 Å². The highest BCUT2D eigenvalue weighted by Gasteiger charge is 2.34. The zero-order chi connectivity index (χ0) is 21.2. The van der Waals surface area contributed by atoms with Gasteiger partial charge in [0.2, 0.25) is 0 Å². The molecule has 1 fully saturated rings. The van der Waals surface area contributed by atoms with E-state index in [0.717, 1.165) is 59.2 Å². The second-order valence-electron chi connectivity index (χ2n) is 11.1. The minimum absolute atomic E-state index is 0.843. The fourth-order valence-electron chi connectivity index (χ4n) is 3.88. The third-order valence-corrected chi connectivity index (χ3v) is 6.91. The molecule has 0 radical (unpaired) electrons. The topological polar surface area (TPSA) is 0 Å². The van der Waals surface area contributed by atoms with Gasteiger partial charge >= 0.3 is 0 Å². The van der Waals surface area contributed by atoms with Gasteiger partial charge in [-0.3, -0.25) is 0 Å². The summed E-state index contributed by atoms with van der Waals surface area (Å²) in [6, 6.07) is 0. The summed E-state index contributed by atoms with van der Waals surface area (Å²) in [4.78, 5) is 0. The van der Waals surface area contributed by atoms with Gasteiger partial charge in [0.15, 0.2) is 0 Å². The lowest BCUT2D eigenvalue weighted by Crippen LogP contribution is -2.17. The first-order valence-corrected chi connectivity index (χ1v) is 11.7. The molecular weight excluding hydrogens is 312 g/mol. The lowest BCUT2D eigenvalue weighted by Gasteiger charge is -2.24. The molecule has 1 saturated carbocycles. The van der Waals surface area contributed by atoms with Crippen molar-refractivity contribution in [3.8, 4) is 0 Å². The SMILES string of the molecule is CC(C)C(C(C)C)C1CC1.CC(C)C(C)C(C)C.CC(C)C(C)C(C)C. The van der Waals surface area contributed by atoms with Crippen molar-refractivity contribution in [3.05, 3.63) is 0 Å². The van der Waals surface area contributed by atoms with E-state index in [-0.39, 0.29) is 0 Å². The van der Waals surface area contributed by atoms with E-state index < -0.39 is 0 Å². The molecule has 0 bridgehead atoms. The average molecular weight is 369 g/mol. The Hall–Kier alpha value is 0. The van der Waals surface area contributed by atoms with Crippen LogP contribution in [0, 0.1) is 59.2 Å². The lowest BCUT2D eigenvalue weighted by molar-refractivity contribution is 0.252. The van der Waals surface area contributed by atoms with Gasteiger partial charge in [-0.25, -0.2) is 0 Å². The minimum atomic E-state index is 0.843. The van der Waals surface area contributed by atoms with Crippen LogP contribution >= 0.6 is 0 Å². The maximum absolute atomic E-state index is 2.36. The van der Waals surface area contributed by atoms with E-state index in [1.54, 1.807) is 0 Å². The van der Waals surface area contributed by atoms with Crippen LogP contribution in [0.1, 0.15) is 110 Å². The Balaban J connectivity index is 0. The second-order valence-corrected chi connectivity index (χ2v) is 11.1. The highest BCUT2D eigenvalue weighted by molar-refractivity contribution is 4.84. The largest absolute Gasteiger partial charge is 0.0625 e. The molecule has 0 heteroatoms. The van der Waals surface area contributed by atoms with Crippen LogP contribution in [0.3, 0.4) is 0 Å². The molecule has 0 spiro atoms. The summed E-state index contributed by atoms with van der Waals surface area (Å²) in [5, 5.41) is 0. The first-order chi connectivity index (χ1) is 11.7. The lowest BCUT2D eigenvalue weighted by atomic mass is 9.82. The van der Waals surface area contributed by atoms with Crippen molar-refractivity contribution in [1.82, 2.24) is 0 Å². The van der Waals surface area contributed by atoms with E-state index in [1.165, 1.54) is 12.8 Å². The molecule has 160 valence electrons. The van der Waals surface area contributed by atoms with E-state index in [2.05, 4.69) is 96.9 Å². The number of rotatable bonds is 7. The molecule has 26 heavy (non-hydrogen) atoms. The summed E-state index contributed by atoms with van der Waals surface area (Å²) >= 11 is 0. The van der Waals surface area contributed by atoms with Crippen LogP contribution in [0.25, 0.3) is 0 Å². The molecule has 1 aliphatic carbocycles. The molecular formula is C26H56. The molecule has 0 heterocycles. The Morgan fingerprint density at radius 2 is 0.615 bits per heavy atom. The Morgan fingerprint density at radius 3 is 0.654 bits per heavy atom. The third-order valence-electron chi connectivity index (χ3n) is 6.91. The summed E-state index contributed by atoms with van der Waals surface area (Å²) in [5.41, 5.74) is 0. The zero-order valence-corrected chi connectivity index (χ0v) is 21.2. The highest BCUT2D eigenvalue weighted by Crippen LogP contribution is 2.43. The van der Waals surface area contributed by atoms with Gasteiger partial charge in [-0.1, -0.05) is 96.9 Å². The number of hydrogen-bond donors (Lipinski definition) is 0. The molecule has 0 aliphatic heterocycles. The smallest absolute Gasteiger partial charge is 0.0340 e. The summed E-state index contributed by atoms with van der Waals surface area (Å²) in [7, 11) is 0. The van der Waals surface area contributed by atoms with E-state index in [1.807, 2.05) is 0 Å². The van der Waals surface area contributed by atoms with Gasteiger partial charge in [-0.2, -0.15) is 0 Å². The van der Waals surface area contributed by atoms with Crippen LogP contribution in [-0.4, -0.2) is 0 Å². The van der Waals surface area contributed by atoms with Crippen molar-refractivity contribution in [2.24, 2.45) is 59.2 Å². The minimum Gasteiger partial charge on any atom is -0.0625 e. The van der Waals surface area contributed by atoms with Crippen molar-refractivity contribution >= 4 is 0 Å². The molecule has 0 aromatic carbocycles. The normalized spacial score (nSPS) is 14.9. The molecule has 0 aromatic rings. The van der Waals surface area contributed by atoms with Gasteiger partial charge in [0.05, 0.1) is 0 Å². The first-order valence-electron chi connectivity index (χ1n) is 11.7. The van der Waals surface area contributed by atoms with E-state index in [9.17, 15) is 0 Å². The van der Waals surface area contributed by atoms with E-state index in [4.69, 9.17) is 0 Å². The fourth-order valence-corrected chi connectivity index (χ4v) is 3.88. The molecule has 0 atom stereocenters. The van der Waals surface area contributed by atoms with Gasteiger partial charge in [-0.15, -0.1) is 0 Å². The molecule has 0 aromatic heterocycles. The third kappa shape index (κ3) is 13.2. The van der Waals surface area contributed by atoms with E-state index >= 15 is 0 Å². The Kier molecular flexibility index (Phi) is 15.3. The van der Waals surface area contributed by atoms with E-state index in [0.29, 0.717) is 0 Å². The standard InChI is InChI=1S/C10H20.2C8H18/c1-7(2)10(8(3)4)9-5-6-9;2*1-6(2)8(5)7(3)4/h7-10H,5-6H2,1-4H3;2*6-8H,1-5H3. The van der Waals surface area contributed by atoms with Crippen LogP contribution in [0.2, 0.25) is 0 Å². The molecule has 0 nitrogen and oxygen atoms in total. The fraction of sp³-hybridized carbons (Fsp3) is 1.00. The molecule has 0 amide bonds. The molecule has 0 saturated heterocycles. The zero-order valence-electron chi connectivity index (χ0n) is 21.2. The van der Waals surface area contributed by atoms with Crippen LogP contribution in [-0.2, 0) is 0 Å². The summed E-state index contributed by atoms with van der Waals surface area (Å²) in [6.07, 6.45) is 3.00. The molecule has 1 aliphatic rings. The first kappa shape index (κ1) is 28.2. The van der Waals surface area contributed by atoms with Crippen molar-refractivity contribution in [2.75, 3.05) is 0 Å². The summed E-state index contributed by atoms with van der Waals surface area (Å²) < 4.78 is 0. The predicted octanol–water partition coefficient (Wildman–Crippen LogP) is 9.19. The second kappa shape index (κ2) is 14.1. The Bertz CT molecular complexity index is 259. The van der Waals surface area contributed by atoms with Crippen molar-refractivity contribution in [1.29, 1.82) is 0 Å². The summed E-state index contributed by atoms with van der Waals surface area (Å²) in [6.45, 7) is 32.3. The number of hydrogen-bond acceptors (Lipinski definition) is 0. The highest BCUT2D eigenvalue weighted by atomic mass is 14.4. The van der Waals surface area contributed by atoms with Gasteiger partial charge in [0.1, 0.15) is 0 Å². The average Bonchev–Trinajstić information content (AvgIpc) is 3.30. The van der Waals surface area contributed by atoms with Crippen molar-refractivity contribution < 1.29 is 0 Å². The maximum atomic E-state index is 2.36. The van der Waals surface area contributed by atoms with Gasteiger partial charge in [0.25, 0.3) is 0 Å². The maximum Gasteiger partial charge on any atom is -0.0340 e. The van der Waals surface area contributed by atoms with Crippen LogP contribution in [0.4, 0.5) is 0 Å². The monoisotopic (exact) mass is 368 g/mol. The molecule has 1 rings (SSSR count). The predicted molar refractivity (Wildman–Crippen MR) is 124 cm³/mol. The Labute approximate surface area is 169 Å². The van der Waals surface area contributed by atoms with Crippen LogP contribution in [0.5, 0.6) is 0 Å². The van der Waals surface area contributed by atoms with Crippen molar-refractivity contribution in [3.63, 3.8) is 0 Å². The summed E-state index contributed by atoms with van der Waals surface area (Å²) in [5.74, 6) is 8.99. The van der Waals surface area contributed by atoms with Crippen molar-refractivity contribution in [2.45, 2.75) is 110 Å². The van der Waals surface area contributed by atoms with Gasteiger partial charge < -0.3 is 0 Å².